The normalized spacial score (nSPS) is 10.7. The molecule has 0 aromatic carbocycles. The predicted molar refractivity (Wildman–Crippen MR) is 39.2 cm³/mol. The largest absolute Gasteiger partial charge is 0.397 e. The van der Waals surface area contributed by atoms with Crippen molar-refractivity contribution in [2.75, 3.05) is 14.2 Å². The molecule has 0 N–H and O–H groups in total. The summed E-state index contributed by atoms with van der Waals surface area (Å²) >= 11 is 0. The van der Waals surface area contributed by atoms with Crippen LogP contribution in [0, 0.1) is 6.42 Å². The van der Waals surface area contributed by atoms with Crippen molar-refractivity contribution in [2.45, 2.75) is 19.4 Å². The standard InChI is InChI=1S/C6H14O2Si/c1-4-5-6-9(7-2)8-3/h5H,4,6H2,1-3H3. The highest BCUT2D eigenvalue weighted by molar-refractivity contribution is 6.44. The summed E-state index contributed by atoms with van der Waals surface area (Å²) in [4.78, 5) is 0. The summed E-state index contributed by atoms with van der Waals surface area (Å²) in [6, 6.07) is 0.980. The zero-order valence-electron chi connectivity index (χ0n) is 6.31. The van der Waals surface area contributed by atoms with Gasteiger partial charge >= 0.3 is 9.28 Å². The van der Waals surface area contributed by atoms with E-state index in [2.05, 4.69) is 13.3 Å². The maximum absolute atomic E-state index is 5.05. The molecule has 2 nitrogen and oxygen atoms in total. The number of rotatable bonds is 5. The van der Waals surface area contributed by atoms with Crippen molar-refractivity contribution >= 4 is 9.28 Å². The van der Waals surface area contributed by atoms with Crippen LogP contribution in [-0.2, 0) is 8.85 Å². The lowest BCUT2D eigenvalue weighted by atomic mass is 10.4. The molecular weight excluding hydrogens is 132 g/mol. The molecule has 2 radical (unpaired) electrons. The van der Waals surface area contributed by atoms with E-state index >= 15 is 0 Å². The van der Waals surface area contributed by atoms with Gasteiger partial charge in [0.25, 0.3) is 0 Å². The Kier molecular flexibility index (Phi) is 6.35. The summed E-state index contributed by atoms with van der Waals surface area (Å²) in [5.41, 5.74) is 0. The first-order valence-electron chi connectivity index (χ1n) is 3.10. The van der Waals surface area contributed by atoms with Gasteiger partial charge in [0.2, 0.25) is 0 Å². The molecule has 54 valence electrons. The first-order chi connectivity index (χ1) is 4.35. The van der Waals surface area contributed by atoms with E-state index in [0.717, 1.165) is 12.5 Å². The molecule has 0 heterocycles. The van der Waals surface area contributed by atoms with Crippen molar-refractivity contribution in [3.63, 3.8) is 0 Å². The topological polar surface area (TPSA) is 18.5 Å². The minimum absolute atomic E-state index is 0.941. The zero-order chi connectivity index (χ0) is 7.11. The van der Waals surface area contributed by atoms with Gasteiger partial charge in [0, 0.05) is 14.2 Å². The van der Waals surface area contributed by atoms with Crippen molar-refractivity contribution in [1.82, 2.24) is 0 Å². The van der Waals surface area contributed by atoms with Gasteiger partial charge in [-0.25, -0.2) is 0 Å². The van der Waals surface area contributed by atoms with Gasteiger partial charge in [-0.2, -0.15) is 0 Å². The van der Waals surface area contributed by atoms with Gasteiger partial charge in [0.05, 0.1) is 0 Å². The van der Waals surface area contributed by atoms with Crippen molar-refractivity contribution in [3.8, 4) is 0 Å². The van der Waals surface area contributed by atoms with Crippen LogP contribution in [0.3, 0.4) is 0 Å². The van der Waals surface area contributed by atoms with E-state index in [1.54, 1.807) is 14.2 Å². The van der Waals surface area contributed by atoms with E-state index < -0.39 is 9.28 Å². The Bertz CT molecular complexity index is 55.0. The van der Waals surface area contributed by atoms with Crippen molar-refractivity contribution in [1.29, 1.82) is 0 Å². The molecule has 0 spiro atoms. The van der Waals surface area contributed by atoms with Crippen LogP contribution in [0.2, 0.25) is 6.04 Å². The molecule has 0 aromatic heterocycles. The molecule has 0 aliphatic heterocycles. The second kappa shape index (κ2) is 6.26. The van der Waals surface area contributed by atoms with Crippen LogP contribution in [0.5, 0.6) is 0 Å². The minimum atomic E-state index is -0.941. The monoisotopic (exact) mass is 146 g/mol. The van der Waals surface area contributed by atoms with Crippen LogP contribution in [0.1, 0.15) is 13.3 Å². The van der Waals surface area contributed by atoms with Gasteiger partial charge in [-0.15, -0.1) is 0 Å². The first-order valence-corrected chi connectivity index (χ1v) is 4.63. The van der Waals surface area contributed by atoms with E-state index in [-0.39, 0.29) is 0 Å². The number of unbranched alkanes of at least 4 members (excludes halogenated alkanes) is 1. The number of hydrogen-bond donors (Lipinski definition) is 0. The van der Waals surface area contributed by atoms with Gasteiger partial charge < -0.3 is 8.85 Å². The molecule has 0 saturated heterocycles. The summed E-state index contributed by atoms with van der Waals surface area (Å²) in [5.74, 6) is 0. The van der Waals surface area contributed by atoms with Gasteiger partial charge in [0.1, 0.15) is 0 Å². The zero-order valence-corrected chi connectivity index (χ0v) is 7.31. The lowest BCUT2D eigenvalue weighted by Gasteiger charge is -2.06. The average molecular weight is 146 g/mol. The van der Waals surface area contributed by atoms with Crippen LogP contribution in [0.15, 0.2) is 0 Å². The first kappa shape index (κ1) is 9.14. The lowest BCUT2D eigenvalue weighted by Crippen LogP contribution is -2.18. The van der Waals surface area contributed by atoms with Gasteiger partial charge in [-0.3, -0.25) is 0 Å². The van der Waals surface area contributed by atoms with Gasteiger partial charge in [-0.05, 0) is 12.5 Å². The molecule has 9 heavy (non-hydrogen) atoms. The average Bonchev–Trinajstić information content (AvgIpc) is 1.91. The van der Waals surface area contributed by atoms with Crippen LogP contribution in [0.25, 0.3) is 0 Å². The van der Waals surface area contributed by atoms with Crippen molar-refractivity contribution < 1.29 is 8.85 Å². The summed E-state index contributed by atoms with van der Waals surface area (Å²) in [6.07, 6.45) is 3.28. The Balaban J connectivity index is 3.09. The fourth-order valence-corrected chi connectivity index (χ4v) is 1.54. The van der Waals surface area contributed by atoms with E-state index in [1.165, 1.54) is 0 Å². The number of hydrogen-bond acceptors (Lipinski definition) is 2. The molecule has 0 atom stereocenters. The molecule has 0 saturated carbocycles. The molecular formula is C6H14O2Si. The molecule has 0 amide bonds. The van der Waals surface area contributed by atoms with Crippen LogP contribution in [-0.4, -0.2) is 23.5 Å². The Morgan fingerprint density at radius 2 is 1.89 bits per heavy atom. The quantitative estimate of drug-likeness (QED) is 0.546. The van der Waals surface area contributed by atoms with Crippen LogP contribution >= 0.6 is 0 Å². The third-order valence-corrected chi connectivity index (χ3v) is 2.59. The van der Waals surface area contributed by atoms with E-state index in [0.29, 0.717) is 0 Å². The van der Waals surface area contributed by atoms with E-state index in [9.17, 15) is 0 Å². The predicted octanol–water partition coefficient (Wildman–Crippen LogP) is 1.38. The van der Waals surface area contributed by atoms with Gasteiger partial charge in [-0.1, -0.05) is 13.3 Å². The maximum atomic E-state index is 5.05. The molecule has 3 heteroatoms. The molecule has 0 aromatic rings. The van der Waals surface area contributed by atoms with Crippen molar-refractivity contribution in [2.24, 2.45) is 0 Å². The Morgan fingerprint density at radius 3 is 2.22 bits per heavy atom. The third-order valence-electron chi connectivity index (χ3n) is 1.06. The second-order valence-electron chi connectivity index (χ2n) is 1.68. The van der Waals surface area contributed by atoms with Crippen LogP contribution in [0.4, 0.5) is 0 Å². The summed E-state index contributed by atoms with van der Waals surface area (Å²) in [7, 11) is 2.45. The molecule has 0 fully saturated rings. The highest BCUT2D eigenvalue weighted by Crippen LogP contribution is 1.99. The van der Waals surface area contributed by atoms with Crippen molar-refractivity contribution in [3.05, 3.63) is 6.42 Å². The molecule has 0 bridgehead atoms. The maximum Gasteiger partial charge on any atom is 0.384 e. The fourth-order valence-electron chi connectivity index (χ4n) is 0.512. The molecule has 0 aliphatic carbocycles. The summed E-state index contributed by atoms with van der Waals surface area (Å²) < 4.78 is 10.1. The minimum Gasteiger partial charge on any atom is -0.397 e. The Morgan fingerprint density at radius 1 is 1.33 bits per heavy atom. The van der Waals surface area contributed by atoms with Crippen LogP contribution < -0.4 is 0 Å². The fraction of sp³-hybridized carbons (Fsp3) is 0.833. The highest BCUT2D eigenvalue weighted by atomic mass is 28.3. The molecule has 0 unspecified atom stereocenters. The summed E-state index contributed by atoms with van der Waals surface area (Å²) in [6.45, 7) is 2.12. The molecule has 0 aliphatic rings. The van der Waals surface area contributed by atoms with Gasteiger partial charge in [0.15, 0.2) is 0 Å². The second-order valence-corrected chi connectivity index (χ2v) is 3.65. The third kappa shape index (κ3) is 4.63. The van der Waals surface area contributed by atoms with E-state index in [4.69, 9.17) is 8.85 Å². The van der Waals surface area contributed by atoms with E-state index in [1.807, 2.05) is 0 Å². The smallest absolute Gasteiger partial charge is 0.384 e. The molecule has 0 rings (SSSR count). The highest BCUT2D eigenvalue weighted by Gasteiger charge is 2.09. The Labute approximate surface area is 59.0 Å². The summed E-state index contributed by atoms with van der Waals surface area (Å²) in [5, 5.41) is 0. The SMILES string of the molecule is CC[CH]C[Si](OC)OC. The Hall–Kier alpha value is 0.137. The lowest BCUT2D eigenvalue weighted by molar-refractivity contribution is 0.279.